The van der Waals surface area contributed by atoms with Crippen LogP contribution in [0.15, 0.2) is 16.8 Å². The number of nitrogens with two attached hydrogens (primary N) is 1. The van der Waals surface area contributed by atoms with Crippen molar-refractivity contribution in [1.29, 1.82) is 0 Å². The summed E-state index contributed by atoms with van der Waals surface area (Å²) in [6, 6.07) is 2.27. The molecule has 0 saturated carbocycles. The number of carbonyl (C=O) groups is 1. The standard InChI is InChI=1S/C14H23N3O2S/c1-17(2)12(11-3-8-20-10-11)9-16-13(18)14(15)4-6-19-7-5-14/h3,8,10,12H,4-7,9,15H2,1-2H3,(H,16,18). The van der Waals surface area contributed by atoms with Gasteiger partial charge < -0.3 is 20.7 Å². The van der Waals surface area contributed by atoms with Crippen molar-refractivity contribution < 1.29 is 9.53 Å². The number of nitrogens with zero attached hydrogens (tertiary/aromatic N) is 1. The van der Waals surface area contributed by atoms with Crippen molar-refractivity contribution in [1.82, 2.24) is 10.2 Å². The van der Waals surface area contributed by atoms with Crippen LogP contribution in [0.1, 0.15) is 24.4 Å². The Balaban J connectivity index is 1.94. The second kappa shape index (κ2) is 6.67. The van der Waals surface area contributed by atoms with Gasteiger partial charge in [-0.25, -0.2) is 0 Å². The SMILES string of the molecule is CN(C)C(CNC(=O)C1(N)CCOCC1)c1ccsc1. The smallest absolute Gasteiger partial charge is 0.240 e. The van der Waals surface area contributed by atoms with Gasteiger partial charge >= 0.3 is 0 Å². The molecule has 1 aromatic heterocycles. The maximum atomic E-state index is 12.3. The van der Waals surface area contributed by atoms with Crippen LogP contribution >= 0.6 is 11.3 Å². The summed E-state index contributed by atoms with van der Waals surface area (Å²) in [5, 5.41) is 7.17. The number of likely N-dealkylation sites (N-methyl/N-ethyl adjacent to an activating group) is 1. The van der Waals surface area contributed by atoms with Crippen molar-refractivity contribution in [2.24, 2.45) is 5.73 Å². The normalized spacial score (nSPS) is 19.8. The molecule has 6 heteroatoms. The van der Waals surface area contributed by atoms with Crippen molar-refractivity contribution in [2.45, 2.75) is 24.4 Å². The highest BCUT2D eigenvalue weighted by atomic mass is 32.1. The van der Waals surface area contributed by atoms with Gasteiger partial charge in [0, 0.05) is 19.8 Å². The van der Waals surface area contributed by atoms with Crippen LogP contribution in [0.5, 0.6) is 0 Å². The van der Waals surface area contributed by atoms with Crippen LogP contribution in [0.4, 0.5) is 0 Å². The first-order valence-electron chi connectivity index (χ1n) is 6.86. The number of hydrogen-bond donors (Lipinski definition) is 2. The lowest BCUT2D eigenvalue weighted by Crippen LogP contribution is -2.57. The fourth-order valence-electron chi connectivity index (χ4n) is 2.39. The van der Waals surface area contributed by atoms with Crippen molar-refractivity contribution in [2.75, 3.05) is 33.9 Å². The zero-order valence-corrected chi connectivity index (χ0v) is 12.9. The second-order valence-corrected chi connectivity index (χ2v) is 6.29. The summed E-state index contributed by atoms with van der Waals surface area (Å²) in [5.41, 5.74) is 6.63. The van der Waals surface area contributed by atoms with E-state index in [-0.39, 0.29) is 11.9 Å². The molecule has 1 aliphatic heterocycles. The second-order valence-electron chi connectivity index (χ2n) is 5.51. The largest absolute Gasteiger partial charge is 0.381 e. The molecule has 1 unspecified atom stereocenters. The minimum Gasteiger partial charge on any atom is -0.381 e. The molecule has 112 valence electrons. The van der Waals surface area contributed by atoms with Crippen LogP contribution < -0.4 is 11.1 Å². The zero-order chi connectivity index (χ0) is 14.6. The van der Waals surface area contributed by atoms with Crippen LogP contribution in [0.2, 0.25) is 0 Å². The lowest BCUT2D eigenvalue weighted by Gasteiger charge is -2.33. The Hall–Kier alpha value is -0.950. The summed E-state index contributed by atoms with van der Waals surface area (Å²) in [5.74, 6) is -0.0668. The fraction of sp³-hybridized carbons (Fsp3) is 0.643. The molecular formula is C14H23N3O2S. The number of amides is 1. The van der Waals surface area contributed by atoms with E-state index in [0.717, 1.165) is 0 Å². The van der Waals surface area contributed by atoms with E-state index < -0.39 is 5.54 Å². The topological polar surface area (TPSA) is 67.6 Å². The molecule has 1 aromatic rings. The Kier molecular flexibility index (Phi) is 5.15. The highest BCUT2D eigenvalue weighted by molar-refractivity contribution is 7.07. The van der Waals surface area contributed by atoms with Crippen molar-refractivity contribution >= 4 is 17.2 Å². The zero-order valence-electron chi connectivity index (χ0n) is 12.1. The van der Waals surface area contributed by atoms with Gasteiger partial charge in [-0.15, -0.1) is 0 Å². The van der Waals surface area contributed by atoms with Gasteiger partial charge in [0.25, 0.3) is 0 Å². The van der Waals surface area contributed by atoms with E-state index in [0.29, 0.717) is 32.6 Å². The van der Waals surface area contributed by atoms with E-state index in [1.165, 1.54) is 5.56 Å². The van der Waals surface area contributed by atoms with Crippen molar-refractivity contribution in [3.05, 3.63) is 22.4 Å². The highest BCUT2D eigenvalue weighted by Gasteiger charge is 2.36. The molecule has 2 heterocycles. The molecule has 2 rings (SSSR count). The van der Waals surface area contributed by atoms with Gasteiger partial charge in [-0.2, -0.15) is 11.3 Å². The van der Waals surface area contributed by atoms with Crippen LogP contribution in [0.25, 0.3) is 0 Å². The lowest BCUT2D eigenvalue weighted by atomic mass is 9.90. The summed E-state index contributed by atoms with van der Waals surface area (Å²) in [6.07, 6.45) is 1.17. The molecule has 0 radical (unpaired) electrons. The summed E-state index contributed by atoms with van der Waals surface area (Å²) >= 11 is 1.67. The monoisotopic (exact) mass is 297 g/mol. The molecule has 1 aliphatic rings. The average molecular weight is 297 g/mol. The minimum absolute atomic E-state index is 0.0668. The molecule has 1 atom stereocenters. The Bertz CT molecular complexity index is 428. The minimum atomic E-state index is -0.774. The Morgan fingerprint density at radius 3 is 2.80 bits per heavy atom. The van der Waals surface area contributed by atoms with Crippen molar-refractivity contribution in [3.63, 3.8) is 0 Å². The van der Waals surface area contributed by atoms with E-state index in [2.05, 4.69) is 27.0 Å². The third-order valence-corrected chi connectivity index (χ3v) is 4.55. The molecule has 0 bridgehead atoms. The number of rotatable bonds is 5. The predicted molar refractivity (Wildman–Crippen MR) is 80.7 cm³/mol. The fourth-order valence-corrected chi connectivity index (χ4v) is 3.10. The van der Waals surface area contributed by atoms with E-state index >= 15 is 0 Å². The number of thiophene rings is 1. The van der Waals surface area contributed by atoms with Gasteiger partial charge in [-0.1, -0.05) is 0 Å². The molecule has 1 fully saturated rings. The van der Waals surface area contributed by atoms with Gasteiger partial charge in [0.1, 0.15) is 0 Å². The van der Waals surface area contributed by atoms with Gasteiger partial charge in [-0.05, 0) is 49.3 Å². The maximum Gasteiger partial charge on any atom is 0.240 e. The van der Waals surface area contributed by atoms with Crippen LogP contribution in [0, 0.1) is 0 Å². The van der Waals surface area contributed by atoms with Crippen LogP contribution in [-0.4, -0.2) is 50.2 Å². The summed E-state index contributed by atoms with van der Waals surface area (Å²) < 4.78 is 5.27. The first-order valence-corrected chi connectivity index (χ1v) is 7.81. The first kappa shape index (κ1) is 15.4. The maximum absolute atomic E-state index is 12.3. The molecule has 1 amide bonds. The Labute approximate surface area is 124 Å². The molecule has 0 spiro atoms. The Morgan fingerprint density at radius 1 is 1.55 bits per heavy atom. The highest BCUT2D eigenvalue weighted by Crippen LogP contribution is 2.21. The third-order valence-electron chi connectivity index (χ3n) is 3.84. The van der Waals surface area contributed by atoms with E-state index in [1.807, 2.05) is 14.1 Å². The molecule has 0 aliphatic carbocycles. The number of hydrogen-bond acceptors (Lipinski definition) is 5. The summed E-state index contributed by atoms with van der Waals surface area (Å²) in [4.78, 5) is 14.4. The summed E-state index contributed by atoms with van der Waals surface area (Å²) in [6.45, 7) is 1.69. The van der Waals surface area contributed by atoms with Gasteiger partial charge in [0.2, 0.25) is 5.91 Å². The summed E-state index contributed by atoms with van der Waals surface area (Å²) in [7, 11) is 4.03. The molecule has 1 saturated heterocycles. The lowest BCUT2D eigenvalue weighted by molar-refractivity contribution is -0.130. The Morgan fingerprint density at radius 2 is 2.25 bits per heavy atom. The molecule has 20 heavy (non-hydrogen) atoms. The molecular weight excluding hydrogens is 274 g/mol. The number of nitrogens with one attached hydrogen (secondary N) is 1. The van der Waals surface area contributed by atoms with E-state index in [1.54, 1.807) is 11.3 Å². The quantitative estimate of drug-likeness (QED) is 0.850. The van der Waals surface area contributed by atoms with Gasteiger partial charge in [0.15, 0.2) is 0 Å². The average Bonchev–Trinajstić information content (AvgIpc) is 2.93. The van der Waals surface area contributed by atoms with Crippen LogP contribution in [0.3, 0.4) is 0 Å². The van der Waals surface area contributed by atoms with Crippen LogP contribution in [-0.2, 0) is 9.53 Å². The van der Waals surface area contributed by atoms with E-state index in [9.17, 15) is 4.79 Å². The number of carbonyl (C=O) groups excluding carboxylic acids is 1. The number of ether oxygens (including phenoxy) is 1. The third kappa shape index (κ3) is 3.58. The molecule has 0 aromatic carbocycles. The van der Waals surface area contributed by atoms with E-state index in [4.69, 9.17) is 10.5 Å². The van der Waals surface area contributed by atoms with Gasteiger partial charge in [-0.3, -0.25) is 4.79 Å². The van der Waals surface area contributed by atoms with Crippen molar-refractivity contribution in [3.8, 4) is 0 Å². The first-order chi connectivity index (χ1) is 9.53. The van der Waals surface area contributed by atoms with Gasteiger partial charge in [0.05, 0.1) is 11.6 Å². The predicted octanol–water partition coefficient (Wildman–Crippen LogP) is 0.975. The molecule has 3 N–H and O–H groups in total. The molecule has 5 nitrogen and oxygen atoms in total.